The van der Waals surface area contributed by atoms with Crippen LogP contribution in [-0.2, 0) is 0 Å². The summed E-state index contributed by atoms with van der Waals surface area (Å²) in [6.07, 6.45) is 1.73. The minimum Gasteiger partial charge on any atom is -0.368 e. The van der Waals surface area contributed by atoms with Gasteiger partial charge in [-0.05, 0) is 24.3 Å². The first-order valence-electron chi connectivity index (χ1n) is 6.50. The second-order valence-electron chi connectivity index (χ2n) is 4.62. The van der Waals surface area contributed by atoms with Gasteiger partial charge in [0.2, 0.25) is 0 Å². The third kappa shape index (κ3) is 2.66. The van der Waals surface area contributed by atoms with Crippen molar-refractivity contribution in [1.29, 1.82) is 0 Å². The molecule has 98 valence electrons. The molecule has 0 spiro atoms. The SMILES string of the molecule is Clc1ncccc1N1CCN(c2ccccc2)CC1. The number of nitrogens with zero attached hydrogens (tertiary/aromatic N) is 3. The summed E-state index contributed by atoms with van der Waals surface area (Å²) in [5, 5.41) is 0.593. The molecule has 1 aromatic carbocycles. The molecule has 1 fully saturated rings. The molecule has 0 atom stereocenters. The van der Waals surface area contributed by atoms with Gasteiger partial charge in [-0.25, -0.2) is 4.98 Å². The number of hydrogen-bond acceptors (Lipinski definition) is 3. The fraction of sp³-hybridized carbons (Fsp3) is 0.267. The molecule has 0 amide bonds. The van der Waals surface area contributed by atoms with Crippen LogP contribution in [0.25, 0.3) is 0 Å². The molecule has 0 bridgehead atoms. The molecule has 0 unspecified atom stereocenters. The normalized spacial score (nSPS) is 15.6. The summed E-state index contributed by atoms with van der Waals surface area (Å²) < 4.78 is 0. The second-order valence-corrected chi connectivity index (χ2v) is 4.98. The Balaban J connectivity index is 1.69. The molecule has 1 saturated heterocycles. The van der Waals surface area contributed by atoms with Gasteiger partial charge in [0.05, 0.1) is 5.69 Å². The first-order valence-corrected chi connectivity index (χ1v) is 6.88. The van der Waals surface area contributed by atoms with Crippen LogP contribution in [0.1, 0.15) is 0 Å². The van der Waals surface area contributed by atoms with Crippen molar-refractivity contribution in [2.24, 2.45) is 0 Å². The molecule has 0 aliphatic carbocycles. The largest absolute Gasteiger partial charge is 0.368 e. The summed E-state index contributed by atoms with van der Waals surface area (Å²) in [6, 6.07) is 14.5. The molecular formula is C15H16ClN3. The lowest BCUT2D eigenvalue weighted by Gasteiger charge is -2.37. The first-order chi connectivity index (χ1) is 9.34. The van der Waals surface area contributed by atoms with E-state index in [9.17, 15) is 0 Å². The highest BCUT2D eigenvalue weighted by Crippen LogP contribution is 2.25. The van der Waals surface area contributed by atoms with Gasteiger partial charge < -0.3 is 9.80 Å². The van der Waals surface area contributed by atoms with Crippen LogP contribution in [0.4, 0.5) is 11.4 Å². The highest BCUT2D eigenvalue weighted by atomic mass is 35.5. The number of pyridine rings is 1. The Labute approximate surface area is 118 Å². The van der Waals surface area contributed by atoms with Crippen molar-refractivity contribution in [2.45, 2.75) is 0 Å². The van der Waals surface area contributed by atoms with Gasteiger partial charge in [0.1, 0.15) is 0 Å². The fourth-order valence-electron chi connectivity index (χ4n) is 2.46. The highest BCUT2D eigenvalue weighted by Gasteiger charge is 2.19. The molecule has 3 rings (SSSR count). The Morgan fingerprint density at radius 1 is 0.842 bits per heavy atom. The van der Waals surface area contributed by atoms with E-state index in [1.807, 2.05) is 12.1 Å². The number of anilines is 2. The number of halogens is 1. The van der Waals surface area contributed by atoms with Gasteiger partial charge in [-0.1, -0.05) is 29.8 Å². The maximum Gasteiger partial charge on any atom is 0.152 e. The summed E-state index contributed by atoms with van der Waals surface area (Å²) in [6.45, 7) is 3.96. The van der Waals surface area contributed by atoms with E-state index in [-0.39, 0.29) is 0 Å². The minimum atomic E-state index is 0.593. The zero-order valence-electron chi connectivity index (χ0n) is 10.7. The van der Waals surface area contributed by atoms with Gasteiger partial charge >= 0.3 is 0 Å². The lowest BCUT2D eigenvalue weighted by molar-refractivity contribution is 0.653. The van der Waals surface area contributed by atoms with Crippen molar-refractivity contribution in [1.82, 2.24) is 4.98 Å². The number of piperazine rings is 1. The van der Waals surface area contributed by atoms with Crippen LogP contribution in [0.15, 0.2) is 48.7 Å². The molecule has 4 heteroatoms. The van der Waals surface area contributed by atoms with Gasteiger partial charge in [0.15, 0.2) is 5.15 Å². The van der Waals surface area contributed by atoms with Crippen molar-refractivity contribution < 1.29 is 0 Å². The Kier molecular flexibility index (Phi) is 3.56. The van der Waals surface area contributed by atoms with E-state index in [2.05, 4.69) is 45.1 Å². The molecule has 0 saturated carbocycles. The van der Waals surface area contributed by atoms with Gasteiger partial charge in [0, 0.05) is 38.1 Å². The number of rotatable bonds is 2. The van der Waals surface area contributed by atoms with Crippen LogP contribution in [0.3, 0.4) is 0 Å². The summed E-state index contributed by atoms with van der Waals surface area (Å²) in [4.78, 5) is 8.85. The van der Waals surface area contributed by atoms with Gasteiger partial charge in [0.25, 0.3) is 0 Å². The molecule has 19 heavy (non-hydrogen) atoms. The van der Waals surface area contributed by atoms with Crippen LogP contribution in [-0.4, -0.2) is 31.2 Å². The van der Waals surface area contributed by atoms with Gasteiger partial charge in [-0.15, -0.1) is 0 Å². The highest BCUT2D eigenvalue weighted by molar-refractivity contribution is 6.32. The summed E-state index contributed by atoms with van der Waals surface area (Å²) >= 11 is 6.14. The Morgan fingerprint density at radius 2 is 1.53 bits per heavy atom. The number of hydrogen-bond donors (Lipinski definition) is 0. The lowest BCUT2D eigenvalue weighted by atomic mass is 10.2. The zero-order chi connectivity index (χ0) is 13.1. The van der Waals surface area contributed by atoms with E-state index in [1.54, 1.807) is 6.20 Å². The van der Waals surface area contributed by atoms with Crippen molar-refractivity contribution in [3.63, 3.8) is 0 Å². The second kappa shape index (κ2) is 5.49. The molecule has 2 aromatic rings. The predicted molar refractivity (Wildman–Crippen MR) is 80.1 cm³/mol. The Bertz CT molecular complexity index is 536. The Hall–Kier alpha value is -1.74. The van der Waals surface area contributed by atoms with Crippen LogP contribution in [0.2, 0.25) is 5.15 Å². The molecular weight excluding hydrogens is 258 g/mol. The van der Waals surface area contributed by atoms with E-state index >= 15 is 0 Å². The average Bonchev–Trinajstić information content (AvgIpc) is 2.49. The maximum absolute atomic E-state index is 6.14. The molecule has 3 nitrogen and oxygen atoms in total. The first kappa shape index (κ1) is 12.3. The third-order valence-corrected chi connectivity index (χ3v) is 3.77. The van der Waals surface area contributed by atoms with E-state index in [0.29, 0.717) is 5.15 Å². The van der Waals surface area contributed by atoms with E-state index in [1.165, 1.54) is 5.69 Å². The zero-order valence-corrected chi connectivity index (χ0v) is 11.4. The van der Waals surface area contributed by atoms with Crippen molar-refractivity contribution in [3.8, 4) is 0 Å². The van der Waals surface area contributed by atoms with E-state index in [0.717, 1.165) is 31.9 Å². The molecule has 1 aliphatic heterocycles. The van der Waals surface area contributed by atoms with E-state index < -0.39 is 0 Å². The topological polar surface area (TPSA) is 19.4 Å². The quantitative estimate of drug-likeness (QED) is 0.784. The summed E-state index contributed by atoms with van der Waals surface area (Å²) in [5.74, 6) is 0. The third-order valence-electron chi connectivity index (χ3n) is 3.48. The van der Waals surface area contributed by atoms with E-state index in [4.69, 9.17) is 11.6 Å². The summed E-state index contributed by atoms with van der Waals surface area (Å²) in [5.41, 5.74) is 2.33. The van der Waals surface area contributed by atoms with Crippen LogP contribution < -0.4 is 9.80 Å². The minimum absolute atomic E-state index is 0.593. The van der Waals surface area contributed by atoms with Crippen molar-refractivity contribution in [3.05, 3.63) is 53.8 Å². The molecule has 2 heterocycles. The molecule has 0 radical (unpaired) electrons. The average molecular weight is 274 g/mol. The predicted octanol–water partition coefficient (Wildman–Crippen LogP) is 3.06. The Morgan fingerprint density at radius 3 is 2.21 bits per heavy atom. The molecule has 1 aromatic heterocycles. The fourth-order valence-corrected chi connectivity index (χ4v) is 2.70. The number of aromatic nitrogens is 1. The van der Waals surface area contributed by atoms with Gasteiger partial charge in [-0.3, -0.25) is 0 Å². The molecule has 0 N–H and O–H groups in total. The monoisotopic (exact) mass is 273 g/mol. The van der Waals surface area contributed by atoms with Gasteiger partial charge in [-0.2, -0.15) is 0 Å². The summed E-state index contributed by atoms with van der Waals surface area (Å²) in [7, 11) is 0. The van der Waals surface area contributed by atoms with Crippen LogP contribution >= 0.6 is 11.6 Å². The maximum atomic E-state index is 6.14. The number of para-hydroxylation sites is 1. The van der Waals surface area contributed by atoms with Crippen LogP contribution in [0, 0.1) is 0 Å². The smallest absolute Gasteiger partial charge is 0.152 e. The number of benzene rings is 1. The molecule has 1 aliphatic rings. The van der Waals surface area contributed by atoms with Crippen molar-refractivity contribution >= 4 is 23.0 Å². The van der Waals surface area contributed by atoms with Crippen LogP contribution in [0.5, 0.6) is 0 Å². The van der Waals surface area contributed by atoms with Crippen molar-refractivity contribution in [2.75, 3.05) is 36.0 Å². The standard InChI is InChI=1S/C15H16ClN3/c16-15-14(7-4-8-17-15)19-11-9-18(10-12-19)13-5-2-1-3-6-13/h1-8H,9-12H2. The lowest BCUT2D eigenvalue weighted by Crippen LogP contribution is -2.46.